The Morgan fingerprint density at radius 3 is 2.57 bits per heavy atom. The number of hydrogen-bond acceptors (Lipinski definition) is 4. The van der Waals surface area contributed by atoms with Crippen molar-refractivity contribution < 1.29 is 22.7 Å². The molecule has 2 aliphatic rings. The van der Waals surface area contributed by atoms with Crippen molar-refractivity contribution in [1.82, 2.24) is 10.3 Å². The molecule has 1 aromatic heterocycles. The van der Waals surface area contributed by atoms with Gasteiger partial charge in [-0.25, -0.2) is 0 Å². The normalized spacial score (nSPS) is 29.2. The van der Waals surface area contributed by atoms with Crippen molar-refractivity contribution in [2.75, 3.05) is 13.2 Å². The first-order chi connectivity index (χ1) is 9.93. The summed E-state index contributed by atoms with van der Waals surface area (Å²) in [5, 5.41) is 3.35. The van der Waals surface area contributed by atoms with Crippen LogP contribution in [0.3, 0.4) is 0 Å². The third-order valence-electron chi connectivity index (χ3n) is 3.96. The molecule has 2 unspecified atom stereocenters. The summed E-state index contributed by atoms with van der Waals surface area (Å²) in [7, 11) is 0. The van der Waals surface area contributed by atoms with E-state index < -0.39 is 11.7 Å². The van der Waals surface area contributed by atoms with E-state index in [1.807, 2.05) is 0 Å². The van der Waals surface area contributed by atoms with E-state index >= 15 is 0 Å². The summed E-state index contributed by atoms with van der Waals surface area (Å²) in [6, 6.07) is 1.91. The van der Waals surface area contributed by atoms with Crippen LogP contribution in [0, 0.1) is 5.92 Å². The minimum atomic E-state index is -4.46. The number of nitrogens with zero attached hydrogens (tertiary/aromatic N) is 1. The standard InChI is InChI=1S/C14H15F3N2O2/c15-14(16,17)9-1-2-18-12(5-9)13(20)8-3-10-6-21-7-11(4-8)19-10/h1-2,5,8,10-11,19H,3-4,6-7H2. The fourth-order valence-electron chi connectivity index (χ4n) is 3.00. The summed E-state index contributed by atoms with van der Waals surface area (Å²) in [4.78, 5) is 16.2. The third-order valence-corrected chi connectivity index (χ3v) is 3.96. The van der Waals surface area contributed by atoms with Gasteiger partial charge in [-0.1, -0.05) is 0 Å². The molecule has 2 bridgehead atoms. The molecular formula is C14H15F3N2O2. The largest absolute Gasteiger partial charge is 0.416 e. The van der Waals surface area contributed by atoms with E-state index in [1.54, 1.807) is 0 Å². The molecule has 0 amide bonds. The maximum atomic E-state index is 12.7. The minimum Gasteiger partial charge on any atom is -0.378 e. The van der Waals surface area contributed by atoms with Crippen molar-refractivity contribution in [3.63, 3.8) is 0 Å². The summed E-state index contributed by atoms with van der Waals surface area (Å²) in [6.45, 7) is 1.08. The number of ketones is 1. The Balaban J connectivity index is 1.79. The number of Topliss-reactive ketones (excluding diaryl/α,β-unsaturated/α-hetero) is 1. The predicted molar refractivity (Wildman–Crippen MR) is 67.8 cm³/mol. The Morgan fingerprint density at radius 2 is 1.95 bits per heavy atom. The maximum absolute atomic E-state index is 12.7. The number of ether oxygens (including phenoxy) is 1. The molecule has 3 heterocycles. The van der Waals surface area contributed by atoms with Gasteiger partial charge in [0.25, 0.3) is 0 Å². The van der Waals surface area contributed by atoms with Crippen LogP contribution in [0.4, 0.5) is 13.2 Å². The van der Waals surface area contributed by atoms with Gasteiger partial charge in [0.05, 0.1) is 18.8 Å². The van der Waals surface area contributed by atoms with Gasteiger partial charge in [0.2, 0.25) is 0 Å². The number of fused-ring (bicyclic) bond motifs is 2. The SMILES string of the molecule is O=C(c1cc(C(F)(F)F)ccn1)C1CC2COCC(C1)N2. The number of carbonyl (C=O) groups is 1. The fourth-order valence-corrected chi connectivity index (χ4v) is 3.00. The van der Waals surface area contributed by atoms with Gasteiger partial charge in [-0.15, -0.1) is 0 Å². The van der Waals surface area contributed by atoms with Crippen LogP contribution >= 0.6 is 0 Å². The number of hydrogen-bond donors (Lipinski definition) is 1. The first kappa shape index (κ1) is 14.5. The third kappa shape index (κ3) is 3.08. The van der Waals surface area contributed by atoms with Crippen LogP contribution in [0.15, 0.2) is 18.3 Å². The number of morpholine rings is 1. The van der Waals surface area contributed by atoms with Crippen LogP contribution in [0.1, 0.15) is 28.9 Å². The molecule has 0 aliphatic carbocycles. The Morgan fingerprint density at radius 1 is 1.29 bits per heavy atom. The second kappa shape index (κ2) is 5.38. The second-order valence-corrected chi connectivity index (χ2v) is 5.56. The van der Waals surface area contributed by atoms with Gasteiger partial charge in [0.15, 0.2) is 5.78 Å². The highest BCUT2D eigenvalue weighted by Gasteiger charge is 2.37. The number of pyridine rings is 1. The van der Waals surface area contributed by atoms with E-state index in [9.17, 15) is 18.0 Å². The van der Waals surface area contributed by atoms with E-state index in [4.69, 9.17) is 4.74 Å². The molecule has 3 rings (SSSR count). The second-order valence-electron chi connectivity index (χ2n) is 5.56. The van der Waals surface area contributed by atoms with Gasteiger partial charge in [-0.3, -0.25) is 9.78 Å². The summed E-state index contributed by atoms with van der Waals surface area (Å²) >= 11 is 0. The number of aromatic nitrogens is 1. The number of rotatable bonds is 2. The lowest BCUT2D eigenvalue weighted by Crippen LogP contribution is -2.55. The number of nitrogens with one attached hydrogen (secondary N) is 1. The summed E-state index contributed by atoms with van der Waals surface area (Å²) in [6.07, 6.45) is -2.27. The highest BCUT2D eigenvalue weighted by molar-refractivity contribution is 5.96. The molecule has 2 atom stereocenters. The Hall–Kier alpha value is -1.47. The first-order valence-electron chi connectivity index (χ1n) is 6.85. The highest BCUT2D eigenvalue weighted by Crippen LogP contribution is 2.31. The van der Waals surface area contributed by atoms with Gasteiger partial charge in [0, 0.05) is 24.2 Å². The van der Waals surface area contributed by atoms with Crippen LogP contribution in [0.5, 0.6) is 0 Å². The fraction of sp³-hybridized carbons (Fsp3) is 0.571. The number of piperidine rings is 1. The van der Waals surface area contributed by atoms with Crippen LogP contribution < -0.4 is 5.32 Å². The van der Waals surface area contributed by atoms with Gasteiger partial charge in [-0.05, 0) is 25.0 Å². The molecule has 2 aliphatic heterocycles. The minimum absolute atomic E-state index is 0.0947. The molecule has 1 aromatic rings. The van der Waals surface area contributed by atoms with E-state index in [-0.39, 0.29) is 29.5 Å². The molecule has 4 nitrogen and oxygen atoms in total. The van der Waals surface area contributed by atoms with Crippen molar-refractivity contribution >= 4 is 5.78 Å². The summed E-state index contributed by atoms with van der Waals surface area (Å²) in [5.74, 6) is -0.597. The Bertz CT molecular complexity index is 535. The molecule has 2 fully saturated rings. The maximum Gasteiger partial charge on any atom is 0.416 e. The molecule has 0 aromatic carbocycles. The Labute approximate surface area is 119 Å². The quantitative estimate of drug-likeness (QED) is 0.849. The monoisotopic (exact) mass is 300 g/mol. The van der Waals surface area contributed by atoms with Crippen LogP contribution in [-0.2, 0) is 10.9 Å². The lowest BCUT2D eigenvalue weighted by Gasteiger charge is -2.39. The molecule has 21 heavy (non-hydrogen) atoms. The molecule has 0 saturated carbocycles. The van der Waals surface area contributed by atoms with E-state index in [0.29, 0.717) is 26.1 Å². The summed E-state index contributed by atoms with van der Waals surface area (Å²) < 4.78 is 43.5. The van der Waals surface area contributed by atoms with Gasteiger partial charge < -0.3 is 10.1 Å². The zero-order valence-electron chi connectivity index (χ0n) is 11.2. The Kier molecular flexibility index (Phi) is 3.71. The average molecular weight is 300 g/mol. The zero-order chi connectivity index (χ0) is 15.0. The van der Waals surface area contributed by atoms with Gasteiger partial charge >= 0.3 is 6.18 Å². The topological polar surface area (TPSA) is 51.2 Å². The molecule has 0 radical (unpaired) electrons. The molecule has 7 heteroatoms. The van der Waals surface area contributed by atoms with Crippen molar-refractivity contribution in [3.05, 3.63) is 29.6 Å². The lowest BCUT2D eigenvalue weighted by molar-refractivity contribution is -0.137. The number of carbonyl (C=O) groups excluding carboxylic acids is 1. The number of alkyl halides is 3. The highest BCUT2D eigenvalue weighted by atomic mass is 19.4. The molecule has 114 valence electrons. The smallest absolute Gasteiger partial charge is 0.378 e. The van der Waals surface area contributed by atoms with Crippen LogP contribution in [0.25, 0.3) is 0 Å². The predicted octanol–water partition coefficient (Wildman–Crippen LogP) is 2.05. The van der Waals surface area contributed by atoms with Gasteiger partial charge in [0.1, 0.15) is 5.69 Å². The van der Waals surface area contributed by atoms with Crippen LogP contribution in [-0.4, -0.2) is 36.1 Å². The molecular weight excluding hydrogens is 285 g/mol. The van der Waals surface area contributed by atoms with Crippen molar-refractivity contribution in [1.29, 1.82) is 0 Å². The van der Waals surface area contributed by atoms with E-state index in [0.717, 1.165) is 18.3 Å². The lowest BCUT2D eigenvalue weighted by atomic mass is 9.83. The summed E-state index contributed by atoms with van der Waals surface area (Å²) in [5.41, 5.74) is -0.936. The molecule has 0 spiro atoms. The molecule has 2 saturated heterocycles. The zero-order valence-corrected chi connectivity index (χ0v) is 11.2. The molecule has 1 N–H and O–H groups in total. The van der Waals surface area contributed by atoms with E-state index in [1.165, 1.54) is 0 Å². The van der Waals surface area contributed by atoms with Crippen molar-refractivity contribution in [2.45, 2.75) is 31.1 Å². The van der Waals surface area contributed by atoms with E-state index in [2.05, 4.69) is 10.3 Å². The van der Waals surface area contributed by atoms with Crippen molar-refractivity contribution in [2.24, 2.45) is 5.92 Å². The first-order valence-corrected chi connectivity index (χ1v) is 6.85. The average Bonchev–Trinajstić information content (AvgIpc) is 2.45. The van der Waals surface area contributed by atoms with Crippen molar-refractivity contribution in [3.8, 4) is 0 Å². The van der Waals surface area contributed by atoms with Crippen LogP contribution in [0.2, 0.25) is 0 Å². The number of halogens is 3. The van der Waals surface area contributed by atoms with Gasteiger partial charge in [-0.2, -0.15) is 13.2 Å².